The number of aliphatic hydroxyl groups excluding tert-OH is 1. The Kier molecular flexibility index (Phi) is 8.18. The fourth-order valence-corrected chi connectivity index (χ4v) is 3.41. The molecule has 0 aromatic heterocycles. The Morgan fingerprint density at radius 2 is 2.28 bits per heavy atom. The lowest BCUT2D eigenvalue weighted by Gasteiger charge is -2.19. The predicted octanol–water partition coefficient (Wildman–Crippen LogP) is -0.766. The second-order valence-electron chi connectivity index (χ2n) is 6.57. The van der Waals surface area contributed by atoms with Crippen LogP contribution >= 0.6 is 0 Å². The van der Waals surface area contributed by atoms with E-state index in [0.717, 1.165) is 6.54 Å². The van der Waals surface area contributed by atoms with Crippen LogP contribution in [0.5, 0.6) is 5.75 Å². The number of rotatable bonds is 10. The highest BCUT2D eigenvalue weighted by atomic mass is 16.5. The van der Waals surface area contributed by atoms with Crippen molar-refractivity contribution in [3.8, 4) is 5.75 Å². The molecule has 0 radical (unpaired) electrons. The Labute approximate surface area is 150 Å². The molecule has 1 unspecified atom stereocenters. The van der Waals surface area contributed by atoms with Crippen molar-refractivity contribution in [3.05, 3.63) is 29.8 Å². The SMILES string of the molecule is CCOC(=O)c1cccc(OC[C@@H](O)C[NH2+]C[C@@H]2CCC[NH+]2CC)c1. The van der Waals surface area contributed by atoms with Crippen LogP contribution in [0.2, 0.25) is 0 Å². The van der Waals surface area contributed by atoms with Gasteiger partial charge in [-0.15, -0.1) is 0 Å². The molecule has 1 aromatic carbocycles. The molecule has 0 saturated carbocycles. The summed E-state index contributed by atoms with van der Waals surface area (Å²) in [5, 5.41) is 12.3. The van der Waals surface area contributed by atoms with E-state index < -0.39 is 6.10 Å². The van der Waals surface area contributed by atoms with Crippen LogP contribution in [-0.2, 0) is 4.74 Å². The van der Waals surface area contributed by atoms with Crippen molar-refractivity contribution in [1.29, 1.82) is 0 Å². The normalized spacial score (nSPS) is 21.1. The zero-order valence-electron chi connectivity index (χ0n) is 15.4. The average molecular weight is 352 g/mol. The number of aliphatic hydroxyl groups is 1. The number of hydrogen-bond acceptors (Lipinski definition) is 4. The van der Waals surface area contributed by atoms with E-state index in [1.165, 1.54) is 25.9 Å². The summed E-state index contributed by atoms with van der Waals surface area (Å²) in [5.41, 5.74) is 0.462. The molecule has 1 saturated heterocycles. The third-order valence-corrected chi connectivity index (χ3v) is 4.76. The molecule has 0 bridgehead atoms. The van der Waals surface area contributed by atoms with Gasteiger partial charge in [-0.25, -0.2) is 4.79 Å². The van der Waals surface area contributed by atoms with Crippen molar-refractivity contribution < 1.29 is 29.6 Å². The Morgan fingerprint density at radius 1 is 1.44 bits per heavy atom. The number of quaternary nitrogens is 2. The van der Waals surface area contributed by atoms with E-state index in [2.05, 4.69) is 12.2 Å². The number of likely N-dealkylation sites (tertiary alicyclic amines) is 1. The summed E-state index contributed by atoms with van der Waals surface area (Å²) in [7, 11) is 0. The fraction of sp³-hybridized carbons (Fsp3) is 0.632. The number of esters is 1. The summed E-state index contributed by atoms with van der Waals surface area (Å²) in [6.45, 7) is 8.72. The smallest absolute Gasteiger partial charge is 0.338 e. The highest BCUT2D eigenvalue weighted by Crippen LogP contribution is 2.14. The van der Waals surface area contributed by atoms with Crippen molar-refractivity contribution in [1.82, 2.24) is 0 Å². The third kappa shape index (κ3) is 6.30. The Morgan fingerprint density at radius 3 is 3.04 bits per heavy atom. The molecule has 0 aliphatic carbocycles. The monoisotopic (exact) mass is 352 g/mol. The summed E-state index contributed by atoms with van der Waals surface area (Å²) in [6.07, 6.45) is 2.06. The molecule has 25 heavy (non-hydrogen) atoms. The van der Waals surface area contributed by atoms with E-state index in [1.54, 1.807) is 36.1 Å². The predicted molar refractivity (Wildman–Crippen MR) is 95.0 cm³/mol. The molecule has 3 atom stereocenters. The van der Waals surface area contributed by atoms with Gasteiger partial charge in [0.1, 0.15) is 37.6 Å². The molecule has 6 nitrogen and oxygen atoms in total. The molecular weight excluding hydrogens is 320 g/mol. The summed E-state index contributed by atoms with van der Waals surface area (Å²) in [4.78, 5) is 13.4. The number of hydrogen-bond donors (Lipinski definition) is 3. The minimum atomic E-state index is -0.530. The third-order valence-electron chi connectivity index (χ3n) is 4.76. The topological polar surface area (TPSA) is 76.8 Å². The van der Waals surface area contributed by atoms with Crippen LogP contribution in [0, 0.1) is 0 Å². The molecule has 140 valence electrons. The molecule has 0 amide bonds. The molecular formula is C19H32N2O4+2. The lowest BCUT2D eigenvalue weighted by atomic mass is 10.2. The summed E-state index contributed by atoms with van der Waals surface area (Å²) in [5.74, 6) is 0.211. The average Bonchev–Trinajstić information content (AvgIpc) is 3.08. The largest absolute Gasteiger partial charge is 0.491 e. The van der Waals surface area contributed by atoms with Crippen LogP contribution in [0.15, 0.2) is 24.3 Å². The van der Waals surface area contributed by atoms with Gasteiger partial charge in [0, 0.05) is 12.8 Å². The van der Waals surface area contributed by atoms with Crippen LogP contribution in [0.4, 0.5) is 0 Å². The maximum absolute atomic E-state index is 11.7. The molecule has 1 aliphatic rings. The first kappa shape index (κ1) is 19.7. The molecule has 4 N–H and O–H groups in total. The Bertz CT molecular complexity index is 538. The number of nitrogens with two attached hydrogens (primary N) is 1. The minimum absolute atomic E-state index is 0.220. The van der Waals surface area contributed by atoms with Crippen molar-refractivity contribution in [3.63, 3.8) is 0 Å². The van der Waals surface area contributed by atoms with Gasteiger partial charge in [-0.05, 0) is 32.0 Å². The van der Waals surface area contributed by atoms with Gasteiger partial charge < -0.3 is 24.8 Å². The van der Waals surface area contributed by atoms with Crippen molar-refractivity contribution in [2.75, 3.05) is 39.4 Å². The van der Waals surface area contributed by atoms with Gasteiger partial charge in [-0.3, -0.25) is 0 Å². The fourth-order valence-electron chi connectivity index (χ4n) is 3.41. The van der Waals surface area contributed by atoms with E-state index in [-0.39, 0.29) is 12.6 Å². The quantitative estimate of drug-likeness (QED) is 0.484. The highest BCUT2D eigenvalue weighted by Gasteiger charge is 2.28. The second-order valence-corrected chi connectivity index (χ2v) is 6.57. The number of nitrogens with one attached hydrogen (secondary N) is 1. The van der Waals surface area contributed by atoms with Gasteiger partial charge in [-0.2, -0.15) is 0 Å². The van der Waals surface area contributed by atoms with Crippen LogP contribution in [-0.4, -0.2) is 62.6 Å². The molecule has 1 fully saturated rings. The molecule has 2 rings (SSSR count). The van der Waals surface area contributed by atoms with Gasteiger partial charge in [-0.1, -0.05) is 6.07 Å². The summed E-state index contributed by atoms with van der Waals surface area (Å²) < 4.78 is 10.6. The zero-order chi connectivity index (χ0) is 18.1. The number of carbonyl (C=O) groups excluding carboxylic acids is 1. The number of benzene rings is 1. The van der Waals surface area contributed by atoms with E-state index in [4.69, 9.17) is 9.47 Å². The lowest BCUT2D eigenvalue weighted by Crippen LogP contribution is -3.16. The Hall–Kier alpha value is -1.63. The first-order valence-corrected chi connectivity index (χ1v) is 9.38. The van der Waals surface area contributed by atoms with E-state index >= 15 is 0 Å². The molecule has 1 aromatic rings. The summed E-state index contributed by atoms with van der Waals surface area (Å²) in [6, 6.07) is 7.58. The summed E-state index contributed by atoms with van der Waals surface area (Å²) >= 11 is 0. The molecule has 1 heterocycles. The van der Waals surface area contributed by atoms with Crippen LogP contribution in [0.1, 0.15) is 37.0 Å². The van der Waals surface area contributed by atoms with Crippen molar-refractivity contribution in [2.45, 2.75) is 38.8 Å². The van der Waals surface area contributed by atoms with E-state index in [1.807, 2.05) is 0 Å². The van der Waals surface area contributed by atoms with Crippen molar-refractivity contribution in [2.24, 2.45) is 0 Å². The number of likely N-dealkylation sites (N-methyl/N-ethyl adjacent to an activating group) is 1. The van der Waals surface area contributed by atoms with Crippen LogP contribution in [0.3, 0.4) is 0 Å². The van der Waals surface area contributed by atoms with Gasteiger partial charge in [0.25, 0.3) is 0 Å². The first-order valence-electron chi connectivity index (χ1n) is 9.38. The Balaban J connectivity index is 1.70. The second kappa shape index (κ2) is 10.4. The number of ether oxygens (including phenoxy) is 2. The van der Waals surface area contributed by atoms with Gasteiger partial charge in [0.2, 0.25) is 0 Å². The maximum Gasteiger partial charge on any atom is 0.338 e. The van der Waals surface area contributed by atoms with Gasteiger partial charge >= 0.3 is 5.97 Å². The van der Waals surface area contributed by atoms with Crippen LogP contribution in [0.25, 0.3) is 0 Å². The van der Waals surface area contributed by atoms with E-state index in [0.29, 0.717) is 30.5 Å². The van der Waals surface area contributed by atoms with Crippen LogP contribution < -0.4 is 15.0 Å². The van der Waals surface area contributed by atoms with Gasteiger partial charge in [0.15, 0.2) is 0 Å². The molecule has 1 aliphatic heterocycles. The first-order chi connectivity index (χ1) is 12.1. The number of carbonyl (C=O) groups is 1. The molecule has 0 spiro atoms. The highest BCUT2D eigenvalue weighted by molar-refractivity contribution is 5.89. The maximum atomic E-state index is 11.7. The standard InChI is InChI=1S/C19H30N2O4/c1-3-21-10-6-8-16(21)12-20-13-17(22)14-25-18-9-5-7-15(11-18)19(23)24-4-2/h5,7,9,11,16-17,20,22H,3-4,6,8,10,12-14H2,1-2H3/p+2/t16-,17-/m0/s1. The minimum Gasteiger partial charge on any atom is -0.491 e. The lowest BCUT2D eigenvalue weighted by molar-refractivity contribution is -0.924. The zero-order valence-corrected chi connectivity index (χ0v) is 15.4. The van der Waals surface area contributed by atoms with Gasteiger partial charge in [0.05, 0.1) is 25.3 Å². The van der Waals surface area contributed by atoms with E-state index in [9.17, 15) is 9.90 Å². The molecule has 6 heteroatoms. The van der Waals surface area contributed by atoms with Crippen molar-refractivity contribution >= 4 is 5.97 Å².